The van der Waals surface area contributed by atoms with Crippen molar-refractivity contribution in [3.63, 3.8) is 0 Å². The van der Waals surface area contributed by atoms with Crippen LogP contribution >= 0.6 is 22.9 Å². The summed E-state index contributed by atoms with van der Waals surface area (Å²) in [6, 6.07) is 5.88. The molecule has 3 rings (SSSR count). The second-order valence-electron chi connectivity index (χ2n) is 6.82. The number of rotatable bonds is 9. The van der Waals surface area contributed by atoms with Crippen LogP contribution in [0.1, 0.15) is 17.3 Å². The second-order valence-corrected chi connectivity index (χ2v) is 9.28. The number of halogens is 1. The van der Waals surface area contributed by atoms with E-state index in [1.54, 1.807) is 35.7 Å². The molecule has 15 heteroatoms. The SMILES string of the molecule is O=C(CCl)Nc1nc(CC(=O)N[C@@H](C(=O)NC2CN(S(=O)(=O)O)C2=O)c2ccccc2)cs1. The van der Waals surface area contributed by atoms with Crippen molar-refractivity contribution >= 4 is 62.0 Å². The summed E-state index contributed by atoms with van der Waals surface area (Å²) in [5.74, 6) is -2.97. The molecule has 12 nitrogen and oxygen atoms in total. The molecule has 2 atom stereocenters. The molecule has 1 saturated heterocycles. The van der Waals surface area contributed by atoms with Gasteiger partial charge in [0.2, 0.25) is 17.7 Å². The molecule has 176 valence electrons. The number of hydrogen-bond acceptors (Lipinski definition) is 8. The molecule has 4 amide bonds. The number of alkyl halides is 1. The third-order valence-electron chi connectivity index (χ3n) is 4.45. The first-order chi connectivity index (χ1) is 15.6. The monoisotopic (exact) mass is 515 g/mol. The number of aromatic nitrogens is 1. The maximum absolute atomic E-state index is 12.8. The van der Waals surface area contributed by atoms with E-state index in [-0.39, 0.29) is 21.7 Å². The van der Waals surface area contributed by atoms with E-state index < -0.39 is 52.6 Å². The van der Waals surface area contributed by atoms with Gasteiger partial charge >= 0.3 is 10.3 Å². The Kier molecular flexibility index (Phi) is 7.63. The van der Waals surface area contributed by atoms with Crippen LogP contribution < -0.4 is 16.0 Å². The fourth-order valence-electron chi connectivity index (χ4n) is 2.89. The first kappa shape index (κ1) is 24.6. The first-order valence-electron chi connectivity index (χ1n) is 9.32. The first-order valence-corrected chi connectivity index (χ1v) is 12.1. The molecule has 1 fully saturated rings. The Bertz CT molecular complexity index is 1170. The fourth-order valence-corrected chi connectivity index (χ4v) is 4.37. The lowest BCUT2D eigenvalue weighted by molar-refractivity contribution is -0.141. The van der Waals surface area contributed by atoms with Gasteiger partial charge in [0.1, 0.15) is 18.0 Å². The van der Waals surface area contributed by atoms with E-state index in [1.807, 2.05) is 0 Å². The number of β-lactam (4-membered cyclic amide) rings is 1. The fraction of sp³-hybridized carbons (Fsp3) is 0.278. The molecule has 0 bridgehead atoms. The summed E-state index contributed by atoms with van der Waals surface area (Å²) in [6.07, 6.45) is -0.192. The molecule has 1 aliphatic rings. The van der Waals surface area contributed by atoms with E-state index >= 15 is 0 Å². The molecular formula is C18H18ClN5O7S2. The van der Waals surface area contributed by atoms with Gasteiger partial charge in [0, 0.05) is 5.38 Å². The zero-order valence-electron chi connectivity index (χ0n) is 16.7. The lowest BCUT2D eigenvalue weighted by Gasteiger charge is -2.36. The molecule has 33 heavy (non-hydrogen) atoms. The quantitative estimate of drug-likeness (QED) is 0.202. The van der Waals surface area contributed by atoms with E-state index in [9.17, 15) is 27.6 Å². The van der Waals surface area contributed by atoms with Crippen molar-refractivity contribution in [3.05, 3.63) is 47.0 Å². The number of amides is 4. The van der Waals surface area contributed by atoms with Crippen LogP contribution in [0.4, 0.5) is 5.13 Å². The molecule has 0 saturated carbocycles. The van der Waals surface area contributed by atoms with Crippen molar-refractivity contribution in [1.82, 2.24) is 19.9 Å². The number of nitrogens with one attached hydrogen (secondary N) is 3. The van der Waals surface area contributed by atoms with E-state index in [0.29, 0.717) is 11.3 Å². The molecule has 0 spiro atoms. The third-order valence-corrected chi connectivity index (χ3v) is 6.38. The Hall–Kier alpha value is -3.07. The number of carbonyl (C=O) groups is 4. The highest BCUT2D eigenvalue weighted by molar-refractivity contribution is 7.84. The number of hydrogen-bond donors (Lipinski definition) is 4. The zero-order valence-corrected chi connectivity index (χ0v) is 19.1. The number of anilines is 1. The molecule has 0 radical (unpaired) electrons. The number of thiazole rings is 1. The van der Waals surface area contributed by atoms with Crippen molar-refractivity contribution < 1.29 is 32.1 Å². The molecular weight excluding hydrogens is 498 g/mol. The van der Waals surface area contributed by atoms with Crippen molar-refractivity contribution in [1.29, 1.82) is 0 Å². The molecule has 1 unspecified atom stereocenters. The molecule has 2 aromatic rings. The van der Waals surface area contributed by atoms with Crippen LogP contribution in [0.5, 0.6) is 0 Å². The Morgan fingerprint density at radius 3 is 2.55 bits per heavy atom. The van der Waals surface area contributed by atoms with Gasteiger partial charge in [-0.3, -0.25) is 23.7 Å². The highest BCUT2D eigenvalue weighted by Crippen LogP contribution is 2.19. The molecule has 1 aliphatic heterocycles. The average molecular weight is 516 g/mol. The van der Waals surface area contributed by atoms with E-state index in [4.69, 9.17) is 16.2 Å². The van der Waals surface area contributed by atoms with Crippen LogP contribution in [-0.4, -0.2) is 64.4 Å². The van der Waals surface area contributed by atoms with Gasteiger partial charge in [-0.2, -0.15) is 8.42 Å². The smallest absolute Gasteiger partial charge is 0.341 e. The molecule has 2 heterocycles. The summed E-state index contributed by atoms with van der Waals surface area (Å²) in [5.41, 5.74) is 0.780. The molecule has 0 aliphatic carbocycles. The second kappa shape index (κ2) is 10.2. The molecule has 4 N–H and O–H groups in total. The van der Waals surface area contributed by atoms with Crippen molar-refractivity contribution in [3.8, 4) is 0 Å². The van der Waals surface area contributed by atoms with E-state index in [1.165, 1.54) is 0 Å². The summed E-state index contributed by atoms with van der Waals surface area (Å²) in [4.78, 5) is 52.7. The van der Waals surface area contributed by atoms with Crippen molar-refractivity contribution in [2.45, 2.75) is 18.5 Å². The number of carbonyl (C=O) groups excluding carboxylic acids is 4. The lowest BCUT2D eigenvalue weighted by Crippen LogP contribution is -2.66. The van der Waals surface area contributed by atoms with E-state index in [0.717, 1.165) is 11.3 Å². The molecule has 1 aromatic carbocycles. The van der Waals surface area contributed by atoms with Gasteiger partial charge in [0.15, 0.2) is 5.13 Å². The van der Waals surface area contributed by atoms with Crippen molar-refractivity contribution in [2.75, 3.05) is 17.7 Å². The normalized spacial score (nSPS) is 16.5. The van der Waals surface area contributed by atoms with Crippen LogP contribution in [0.25, 0.3) is 0 Å². The lowest BCUT2D eigenvalue weighted by atomic mass is 10.0. The minimum absolute atomic E-state index is 0.192. The van der Waals surface area contributed by atoms with Gasteiger partial charge in [-0.1, -0.05) is 30.3 Å². The Balaban J connectivity index is 1.66. The van der Waals surface area contributed by atoms with Gasteiger partial charge in [-0.15, -0.1) is 22.9 Å². The average Bonchev–Trinajstić information content (AvgIpc) is 3.20. The highest BCUT2D eigenvalue weighted by Gasteiger charge is 2.45. The minimum atomic E-state index is -4.69. The molecule has 1 aromatic heterocycles. The van der Waals surface area contributed by atoms with Crippen LogP contribution in [-0.2, 0) is 35.9 Å². The van der Waals surface area contributed by atoms with Crippen LogP contribution in [0.15, 0.2) is 35.7 Å². The summed E-state index contributed by atoms with van der Waals surface area (Å²) >= 11 is 6.53. The van der Waals surface area contributed by atoms with Gasteiger partial charge < -0.3 is 16.0 Å². The maximum Gasteiger partial charge on any atom is 0.362 e. The standard InChI is InChI=1S/C18H18ClN5O7S2/c19-7-14(26)23-18-20-11(9-32-18)6-13(25)22-15(10-4-2-1-3-5-10)16(27)21-12-8-24(17(12)28)33(29,30)31/h1-5,9,12,15H,6-8H2,(H,21,27)(H,22,25)(H,20,23,26)(H,29,30,31)/t12?,15-/m1/s1. The summed E-state index contributed by atoms with van der Waals surface area (Å²) in [5, 5.41) is 9.24. The topological polar surface area (TPSA) is 175 Å². The number of benzene rings is 1. The van der Waals surface area contributed by atoms with Crippen LogP contribution in [0.2, 0.25) is 0 Å². The number of nitrogens with zero attached hydrogens (tertiary/aromatic N) is 2. The zero-order chi connectivity index (χ0) is 24.2. The van der Waals surface area contributed by atoms with E-state index in [2.05, 4.69) is 20.9 Å². The Labute approximate surface area is 197 Å². The third kappa shape index (κ3) is 6.25. The van der Waals surface area contributed by atoms with Gasteiger partial charge in [-0.05, 0) is 5.56 Å². The van der Waals surface area contributed by atoms with Gasteiger partial charge in [0.25, 0.3) is 5.91 Å². The van der Waals surface area contributed by atoms with Crippen LogP contribution in [0, 0.1) is 0 Å². The summed E-state index contributed by atoms with van der Waals surface area (Å²) < 4.78 is 31.3. The highest BCUT2D eigenvalue weighted by atomic mass is 35.5. The summed E-state index contributed by atoms with van der Waals surface area (Å²) in [6.45, 7) is -0.422. The predicted molar refractivity (Wildman–Crippen MR) is 118 cm³/mol. The van der Waals surface area contributed by atoms with Gasteiger partial charge in [-0.25, -0.2) is 9.29 Å². The Morgan fingerprint density at radius 1 is 1.24 bits per heavy atom. The van der Waals surface area contributed by atoms with Crippen molar-refractivity contribution in [2.24, 2.45) is 0 Å². The largest absolute Gasteiger partial charge is 0.362 e. The minimum Gasteiger partial charge on any atom is -0.341 e. The van der Waals surface area contributed by atoms with Crippen LogP contribution in [0.3, 0.4) is 0 Å². The predicted octanol–water partition coefficient (Wildman–Crippen LogP) is -0.150. The van der Waals surface area contributed by atoms with Gasteiger partial charge in [0.05, 0.1) is 18.7 Å². The Morgan fingerprint density at radius 2 is 1.94 bits per heavy atom. The summed E-state index contributed by atoms with van der Waals surface area (Å²) in [7, 11) is -4.69. The maximum atomic E-state index is 12.8.